The fourth-order valence-corrected chi connectivity index (χ4v) is 3.16. The van der Waals surface area contributed by atoms with Crippen molar-refractivity contribution in [2.24, 2.45) is 11.8 Å². The van der Waals surface area contributed by atoms with Crippen LogP contribution in [0.3, 0.4) is 0 Å². The van der Waals surface area contributed by atoms with Crippen LogP contribution in [0.4, 0.5) is 0 Å². The van der Waals surface area contributed by atoms with E-state index in [1.165, 1.54) is 5.56 Å². The summed E-state index contributed by atoms with van der Waals surface area (Å²) in [5, 5.41) is 2.95. The molecule has 1 aromatic carbocycles. The molecule has 0 aliphatic carbocycles. The SMILES string of the molecule is Cc1cnc(CNC(=O)[C@@H]2CN(Cc3ccccc3)C[C@H]2C)o1. The highest BCUT2D eigenvalue weighted by Gasteiger charge is 2.34. The number of oxazole rings is 1. The zero-order chi connectivity index (χ0) is 16.2. The van der Waals surface area contributed by atoms with Gasteiger partial charge in [-0.15, -0.1) is 0 Å². The summed E-state index contributed by atoms with van der Waals surface area (Å²) in [6.45, 7) is 6.99. The molecule has 0 bridgehead atoms. The molecule has 1 aliphatic rings. The number of rotatable bonds is 5. The summed E-state index contributed by atoms with van der Waals surface area (Å²) in [5.74, 6) is 1.78. The topological polar surface area (TPSA) is 58.4 Å². The number of carbonyl (C=O) groups is 1. The zero-order valence-electron chi connectivity index (χ0n) is 13.7. The fraction of sp³-hybridized carbons (Fsp3) is 0.444. The summed E-state index contributed by atoms with van der Waals surface area (Å²) in [7, 11) is 0. The third kappa shape index (κ3) is 3.99. The quantitative estimate of drug-likeness (QED) is 0.920. The van der Waals surface area contributed by atoms with E-state index in [-0.39, 0.29) is 11.8 Å². The molecular formula is C18H23N3O2. The van der Waals surface area contributed by atoms with Gasteiger partial charge in [0.1, 0.15) is 5.76 Å². The van der Waals surface area contributed by atoms with Gasteiger partial charge in [-0.1, -0.05) is 37.3 Å². The van der Waals surface area contributed by atoms with Crippen LogP contribution in [0.5, 0.6) is 0 Å². The predicted molar refractivity (Wildman–Crippen MR) is 87.5 cm³/mol. The van der Waals surface area contributed by atoms with Gasteiger partial charge in [0.2, 0.25) is 11.8 Å². The summed E-state index contributed by atoms with van der Waals surface area (Å²) >= 11 is 0. The van der Waals surface area contributed by atoms with Crippen LogP contribution in [-0.4, -0.2) is 28.9 Å². The monoisotopic (exact) mass is 313 g/mol. The fourth-order valence-electron chi connectivity index (χ4n) is 3.16. The third-order valence-corrected chi connectivity index (χ3v) is 4.36. The molecule has 1 aromatic heterocycles. The van der Waals surface area contributed by atoms with E-state index in [0.29, 0.717) is 18.4 Å². The van der Waals surface area contributed by atoms with Crippen molar-refractivity contribution in [2.45, 2.75) is 26.9 Å². The van der Waals surface area contributed by atoms with Gasteiger partial charge in [0, 0.05) is 19.6 Å². The molecular weight excluding hydrogens is 290 g/mol. The lowest BCUT2D eigenvalue weighted by atomic mass is 9.97. The van der Waals surface area contributed by atoms with Gasteiger partial charge in [-0.2, -0.15) is 0 Å². The lowest BCUT2D eigenvalue weighted by Crippen LogP contribution is -2.34. The Kier molecular flexibility index (Phi) is 4.76. The Balaban J connectivity index is 1.52. The predicted octanol–water partition coefficient (Wildman–Crippen LogP) is 2.37. The van der Waals surface area contributed by atoms with Gasteiger partial charge in [0.05, 0.1) is 18.7 Å². The Hall–Kier alpha value is -2.14. The molecule has 2 aromatic rings. The van der Waals surface area contributed by atoms with Crippen molar-refractivity contribution in [1.82, 2.24) is 15.2 Å². The number of nitrogens with one attached hydrogen (secondary N) is 1. The number of nitrogens with zero attached hydrogens (tertiary/aromatic N) is 2. The highest BCUT2D eigenvalue weighted by molar-refractivity contribution is 5.79. The molecule has 0 radical (unpaired) electrons. The molecule has 23 heavy (non-hydrogen) atoms. The van der Waals surface area contributed by atoms with Crippen LogP contribution in [0.25, 0.3) is 0 Å². The van der Waals surface area contributed by atoms with E-state index < -0.39 is 0 Å². The number of aryl methyl sites for hydroxylation is 1. The molecule has 5 nitrogen and oxygen atoms in total. The van der Waals surface area contributed by atoms with Crippen LogP contribution in [-0.2, 0) is 17.9 Å². The van der Waals surface area contributed by atoms with Crippen molar-refractivity contribution in [3.8, 4) is 0 Å². The lowest BCUT2D eigenvalue weighted by molar-refractivity contribution is -0.125. The van der Waals surface area contributed by atoms with Crippen molar-refractivity contribution in [2.75, 3.05) is 13.1 Å². The highest BCUT2D eigenvalue weighted by atomic mass is 16.4. The van der Waals surface area contributed by atoms with E-state index in [9.17, 15) is 4.79 Å². The minimum atomic E-state index is 0.0229. The molecule has 1 saturated heterocycles. The van der Waals surface area contributed by atoms with Crippen LogP contribution >= 0.6 is 0 Å². The number of carbonyl (C=O) groups excluding carboxylic acids is 1. The molecule has 3 rings (SSSR count). The smallest absolute Gasteiger partial charge is 0.225 e. The largest absolute Gasteiger partial charge is 0.444 e. The third-order valence-electron chi connectivity index (χ3n) is 4.36. The Bertz CT molecular complexity index is 653. The first-order valence-corrected chi connectivity index (χ1v) is 8.07. The maximum atomic E-state index is 12.4. The van der Waals surface area contributed by atoms with Crippen molar-refractivity contribution in [3.05, 3.63) is 53.7 Å². The second-order valence-corrected chi connectivity index (χ2v) is 6.35. The standard InChI is InChI=1S/C18H23N3O2/c1-13-10-21(11-15-6-4-3-5-7-15)12-16(13)18(22)20-9-17-19-8-14(2)23-17/h3-8,13,16H,9-12H2,1-2H3,(H,20,22)/t13-,16-/m1/s1. The summed E-state index contributed by atoms with van der Waals surface area (Å²) < 4.78 is 5.39. The number of hydrogen-bond donors (Lipinski definition) is 1. The molecule has 1 aliphatic heterocycles. The normalized spacial score (nSPS) is 21.5. The van der Waals surface area contributed by atoms with Gasteiger partial charge in [-0.3, -0.25) is 9.69 Å². The van der Waals surface area contributed by atoms with E-state index in [0.717, 1.165) is 25.4 Å². The molecule has 1 fully saturated rings. The number of benzene rings is 1. The molecule has 1 N–H and O–H groups in total. The molecule has 0 unspecified atom stereocenters. The summed E-state index contributed by atoms with van der Waals surface area (Å²) in [6.07, 6.45) is 1.67. The van der Waals surface area contributed by atoms with Gasteiger partial charge in [-0.05, 0) is 18.4 Å². The van der Waals surface area contributed by atoms with E-state index in [4.69, 9.17) is 4.42 Å². The lowest BCUT2D eigenvalue weighted by Gasteiger charge is -2.15. The van der Waals surface area contributed by atoms with Gasteiger partial charge in [0.25, 0.3) is 0 Å². The van der Waals surface area contributed by atoms with Crippen molar-refractivity contribution >= 4 is 5.91 Å². The number of hydrogen-bond acceptors (Lipinski definition) is 4. The second kappa shape index (κ2) is 6.96. The minimum Gasteiger partial charge on any atom is -0.444 e. The van der Waals surface area contributed by atoms with E-state index in [2.05, 4.69) is 46.4 Å². The van der Waals surface area contributed by atoms with Crippen LogP contribution in [0, 0.1) is 18.8 Å². The first kappa shape index (κ1) is 15.7. The Morgan fingerprint density at radius 2 is 2.13 bits per heavy atom. The minimum absolute atomic E-state index is 0.0229. The molecule has 0 spiro atoms. The van der Waals surface area contributed by atoms with Crippen molar-refractivity contribution in [3.63, 3.8) is 0 Å². The number of likely N-dealkylation sites (tertiary alicyclic amines) is 1. The Labute approximate surface area is 136 Å². The summed E-state index contributed by atoms with van der Waals surface area (Å²) in [4.78, 5) is 18.9. The number of aromatic nitrogens is 1. The molecule has 2 atom stereocenters. The average Bonchev–Trinajstić information content (AvgIpc) is 3.12. The van der Waals surface area contributed by atoms with Gasteiger partial charge >= 0.3 is 0 Å². The maximum Gasteiger partial charge on any atom is 0.225 e. The van der Waals surface area contributed by atoms with Crippen LogP contribution in [0.1, 0.15) is 24.1 Å². The Morgan fingerprint density at radius 3 is 2.83 bits per heavy atom. The van der Waals surface area contributed by atoms with Crippen LogP contribution in [0.15, 0.2) is 40.9 Å². The first-order chi connectivity index (χ1) is 11.1. The molecule has 0 saturated carbocycles. The summed E-state index contributed by atoms with van der Waals surface area (Å²) in [5.41, 5.74) is 1.29. The Morgan fingerprint density at radius 1 is 1.35 bits per heavy atom. The molecule has 1 amide bonds. The number of amides is 1. The second-order valence-electron chi connectivity index (χ2n) is 6.35. The molecule has 122 valence electrons. The van der Waals surface area contributed by atoms with Gasteiger partial charge < -0.3 is 9.73 Å². The molecule has 5 heteroatoms. The van der Waals surface area contributed by atoms with E-state index in [1.54, 1.807) is 6.20 Å². The van der Waals surface area contributed by atoms with Crippen molar-refractivity contribution < 1.29 is 9.21 Å². The highest BCUT2D eigenvalue weighted by Crippen LogP contribution is 2.24. The van der Waals surface area contributed by atoms with Crippen molar-refractivity contribution in [1.29, 1.82) is 0 Å². The van der Waals surface area contributed by atoms with Crippen LogP contribution < -0.4 is 5.32 Å². The first-order valence-electron chi connectivity index (χ1n) is 8.07. The van der Waals surface area contributed by atoms with E-state index >= 15 is 0 Å². The maximum absolute atomic E-state index is 12.4. The van der Waals surface area contributed by atoms with Gasteiger partial charge in [0.15, 0.2) is 0 Å². The molecule has 2 heterocycles. The zero-order valence-corrected chi connectivity index (χ0v) is 13.7. The van der Waals surface area contributed by atoms with E-state index in [1.807, 2.05) is 13.0 Å². The van der Waals surface area contributed by atoms with Gasteiger partial charge in [-0.25, -0.2) is 4.98 Å². The summed E-state index contributed by atoms with van der Waals surface area (Å²) in [6, 6.07) is 10.4. The van der Waals surface area contributed by atoms with Crippen LogP contribution in [0.2, 0.25) is 0 Å². The average molecular weight is 313 g/mol.